The van der Waals surface area contributed by atoms with E-state index in [4.69, 9.17) is 18.0 Å². The molecule has 1 aromatic rings. The number of nitrogens with two attached hydrogens (primary N) is 1. The van der Waals surface area contributed by atoms with Crippen LogP contribution in [-0.4, -0.2) is 43.0 Å². The lowest BCUT2D eigenvalue weighted by molar-refractivity contribution is 0.586. The van der Waals surface area contributed by atoms with Gasteiger partial charge in [-0.3, -0.25) is 0 Å². The van der Waals surface area contributed by atoms with Crippen LogP contribution in [0.4, 0.5) is 5.82 Å². The van der Waals surface area contributed by atoms with E-state index in [0.717, 1.165) is 5.82 Å². The molecule has 7 heteroatoms. The number of rotatable bonds is 2. The van der Waals surface area contributed by atoms with Gasteiger partial charge < -0.3 is 10.6 Å². The van der Waals surface area contributed by atoms with Crippen molar-refractivity contribution in [3.8, 4) is 0 Å². The van der Waals surface area contributed by atoms with Gasteiger partial charge >= 0.3 is 0 Å². The largest absolute Gasteiger partial charge is 0.389 e. The zero-order valence-electron chi connectivity index (χ0n) is 9.17. The summed E-state index contributed by atoms with van der Waals surface area (Å²) in [6.07, 6.45) is 1.61. The molecule has 0 radical (unpaired) electrons. The van der Waals surface area contributed by atoms with Gasteiger partial charge in [0.2, 0.25) is 0 Å². The minimum absolute atomic E-state index is 0.186. The molecule has 0 aromatic carbocycles. The van der Waals surface area contributed by atoms with Crippen LogP contribution in [0, 0.1) is 0 Å². The van der Waals surface area contributed by atoms with Crippen LogP contribution in [0.15, 0.2) is 18.3 Å². The fraction of sp³-hybridized carbons (Fsp3) is 0.400. The lowest BCUT2D eigenvalue weighted by Crippen LogP contribution is -2.40. The van der Waals surface area contributed by atoms with Gasteiger partial charge in [-0.2, -0.15) is 0 Å². The topological polar surface area (TPSA) is 76.3 Å². The third-order valence-electron chi connectivity index (χ3n) is 2.70. The Morgan fingerprint density at radius 1 is 1.35 bits per heavy atom. The van der Waals surface area contributed by atoms with Gasteiger partial charge in [0.05, 0.1) is 11.5 Å². The van der Waals surface area contributed by atoms with Gasteiger partial charge in [-0.1, -0.05) is 12.2 Å². The van der Waals surface area contributed by atoms with Gasteiger partial charge in [0.1, 0.15) is 10.8 Å². The third kappa shape index (κ3) is 2.92. The van der Waals surface area contributed by atoms with E-state index in [1.807, 2.05) is 11.0 Å². The fourth-order valence-electron chi connectivity index (χ4n) is 1.66. The maximum atomic E-state index is 11.3. The average molecular weight is 271 g/mol. The third-order valence-corrected chi connectivity index (χ3v) is 4.55. The van der Waals surface area contributed by atoms with Crippen molar-refractivity contribution in [2.24, 2.45) is 5.73 Å². The Bertz CT molecular complexity index is 511. The summed E-state index contributed by atoms with van der Waals surface area (Å²) in [5.74, 6) is 1.14. The molecule has 1 aliphatic heterocycles. The molecule has 2 heterocycles. The lowest BCUT2D eigenvalue weighted by Gasteiger charge is -2.27. The molecule has 0 amide bonds. The molecular formula is C10H13N3O2S2. The summed E-state index contributed by atoms with van der Waals surface area (Å²) in [6, 6.07) is 3.61. The molecule has 0 spiro atoms. The molecule has 5 nitrogen and oxygen atoms in total. The molecule has 17 heavy (non-hydrogen) atoms. The summed E-state index contributed by atoms with van der Waals surface area (Å²) in [5, 5.41) is 0. The quantitative estimate of drug-likeness (QED) is 0.760. The highest BCUT2D eigenvalue weighted by molar-refractivity contribution is 7.91. The molecule has 0 aliphatic carbocycles. The first-order valence-corrected chi connectivity index (χ1v) is 7.42. The van der Waals surface area contributed by atoms with Crippen LogP contribution < -0.4 is 10.6 Å². The molecular weight excluding hydrogens is 258 g/mol. The number of sulfone groups is 1. The highest BCUT2D eigenvalue weighted by Crippen LogP contribution is 2.14. The number of hydrogen-bond donors (Lipinski definition) is 1. The maximum Gasteiger partial charge on any atom is 0.153 e. The Morgan fingerprint density at radius 3 is 2.47 bits per heavy atom. The predicted octanol–water partition coefficient (Wildman–Crippen LogP) is -0.0494. The van der Waals surface area contributed by atoms with Crippen molar-refractivity contribution >= 4 is 32.9 Å². The van der Waals surface area contributed by atoms with Crippen LogP contribution >= 0.6 is 12.2 Å². The van der Waals surface area contributed by atoms with E-state index in [2.05, 4.69) is 4.98 Å². The first-order valence-electron chi connectivity index (χ1n) is 5.19. The molecule has 0 bridgehead atoms. The zero-order valence-corrected chi connectivity index (χ0v) is 10.8. The summed E-state index contributed by atoms with van der Waals surface area (Å²) in [5.41, 5.74) is 6.19. The van der Waals surface area contributed by atoms with Gasteiger partial charge in [0.25, 0.3) is 0 Å². The number of nitrogens with zero attached hydrogens (tertiary/aromatic N) is 2. The number of thiocarbonyl (C=S) groups is 1. The highest BCUT2D eigenvalue weighted by Gasteiger charge is 2.22. The van der Waals surface area contributed by atoms with E-state index in [1.165, 1.54) is 0 Å². The standard InChI is InChI=1S/C10H13N3O2S2/c11-10(16)8-1-2-9(12-7-8)13-3-5-17(14,15)6-4-13/h1-2,7H,3-6H2,(H2,11,16). The fourth-order valence-corrected chi connectivity index (χ4v) is 2.98. The second-order valence-electron chi connectivity index (χ2n) is 3.91. The van der Waals surface area contributed by atoms with E-state index in [1.54, 1.807) is 12.3 Å². The van der Waals surface area contributed by atoms with Crippen molar-refractivity contribution in [1.82, 2.24) is 4.98 Å². The number of hydrogen-bond acceptors (Lipinski definition) is 5. The normalized spacial score (nSPS) is 18.9. The summed E-state index contributed by atoms with van der Waals surface area (Å²) in [4.78, 5) is 6.49. The Morgan fingerprint density at radius 2 is 2.00 bits per heavy atom. The van der Waals surface area contributed by atoms with Gasteiger partial charge in [0, 0.05) is 24.8 Å². The van der Waals surface area contributed by atoms with E-state index >= 15 is 0 Å². The maximum absolute atomic E-state index is 11.3. The Labute approximate surface area is 106 Å². The van der Waals surface area contributed by atoms with E-state index < -0.39 is 9.84 Å². The second kappa shape index (κ2) is 4.58. The number of pyridine rings is 1. The molecule has 92 valence electrons. The molecule has 0 atom stereocenters. The lowest BCUT2D eigenvalue weighted by atomic mass is 10.3. The van der Waals surface area contributed by atoms with Crippen LogP contribution in [0.3, 0.4) is 0 Å². The summed E-state index contributed by atoms with van der Waals surface area (Å²) in [7, 11) is -2.86. The Kier molecular flexibility index (Phi) is 3.30. The van der Waals surface area contributed by atoms with Crippen molar-refractivity contribution in [2.45, 2.75) is 0 Å². The zero-order chi connectivity index (χ0) is 12.5. The molecule has 1 aliphatic rings. The van der Waals surface area contributed by atoms with Gasteiger partial charge in [-0.25, -0.2) is 13.4 Å². The minimum atomic E-state index is -2.86. The first-order chi connectivity index (χ1) is 7.98. The van der Waals surface area contributed by atoms with Crippen LogP contribution in [0.1, 0.15) is 5.56 Å². The summed E-state index contributed by atoms with van der Waals surface area (Å²) >= 11 is 4.84. The van der Waals surface area contributed by atoms with E-state index in [0.29, 0.717) is 23.6 Å². The van der Waals surface area contributed by atoms with Gasteiger partial charge in [-0.05, 0) is 12.1 Å². The summed E-state index contributed by atoms with van der Waals surface area (Å²) < 4.78 is 22.6. The van der Waals surface area contributed by atoms with E-state index in [-0.39, 0.29) is 11.5 Å². The van der Waals surface area contributed by atoms with Crippen LogP contribution in [0.5, 0.6) is 0 Å². The Balaban J connectivity index is 2.11. The van der Waals surface area contributed by atoms with Crippen LogP contribution in [0.2, 0.25) is 0 Å². The van der Waals surface area contributed by atoms with Gasteiger partial charge in [0.15, 0.2) is 9.84 Å². The Hall–Kier alpha value is -1.21. The molecule has 2 rings (SSSR count). The van der Waals surface area contributed by atoms with Crippen molar-refractivity contribution in [2.75, 3.05) is 29.5 Å². The van der Waals surface area contributed by atoms with E-state index in [9.17, 15) is 8.42 Å². The molecule has 1 fully saturated rings. The average Bonchev–Trinajstić information content (AvgIpc) is 2.29. The SMILES string of the molecule is NC(=S)c1ccc(N2CCS(=O)(=O)CC2)nc1. The van der Waals surface area contributed by atoms with Crippen molar-refractivity contribution in [3.05, 3.63) is 23.9 Å². The molecule has 1 aromatic heterocycles. The van der Waals surface area contributed by atoms with Crippen LogP contribution in [0.25, 0.3) is 0 Å². The molecule has 0 unspecified atom stereocenters. The molecule has 2 N–H and O–H groups in total. The van der Waals surface area contributed by atoms with Crippen LogP contribution in [-0.2, 0) is 9.84 Å². The summed E-state index contributed by atoms with van der Waals surface area (Å²) in [6.45, 7) is 0.976. The smallest absolute Gasteiger partial charge is 0.153 e. The van der Waals surface area contributed by atoms with Gasteiger partial charge in [-0.15, -0.1) is 0 Å². The first kappa shape index (κ1) is 12.3. The molecule has 0 saturated carbocycles. The highest BCUT2D eigenvalue weighted by atomic mass is 32.2. The van der Waals surface area contributed by atoms with Crippen molar-refractivity contribution < 1.29 is 8.42 Å². The van der Waals surface area contributed by atoms with Crippen molar-refractivity contribution in [1.29, 1.82) is 0 Å². The molecule has 1 saturated heterocycles. The monoisotopic (exact) mass is 271 g/mol. The predicted molar refractivity (Wildman–Crippen MR) is 71.0 cm³/mol. The second-order valence-corrected chi connectivity index (χ2v) is 6.65. The minimum Gasteiger partial charge on any atom is -0.389 e. The van der Waals surface area contributed by atoms with Crippen molar-refractivity contribution in [3.63, 3.8) is 0 Å². The number of anilines is 1. The number of aromatic nitrogens is 1.